The van der Waals surface area contributed by atoms with Gasteiger partial charge in [0, 0.05) is 23.9 Å². The highest BCUT2D eigenvalue weighted by atomic mass is 19.4. The summed E-state index contributed by atoms with van der Waals surface area (Å²) in [7, 11) is 1.49. The lowest BCUT2D eigenvalue weighted by atomic mass is 10.2. The van der Waals surface area contributed by atoms with E-state index in [0.717, 1.165) is 0 Å². The van der Waals surface area contributed by atoms with Gasteiger partial charge in [-0.05, 0) is 12.1 Å². The van der Waals surface area contributed by atoms with E-state index < -0.39 is 12.8 Å². The van der Waals surface area contributed by atoms with Gasteiger partial charge in [-0.2, -0.15) is 13.2 Å². The Balaban J connectivity index is 2.19. The van der Waals surface area contributed by atoms with Crippen LogP contribution in [0.1, 0.15) is 0 Å². The summed E-state index contributed by atoms with van der Waals surface area (Å²) in [6.07, 6.45) is -4.42. The summed E-state index contributed by atoms with van der Waals surface area (Å²) in [6.45, 7) is -1.40. The zero-order chi connectivity index (χ0) is 16.2. The van der Waals surface area contributed by atoms with Crippen LogP contribution in [0.25, 0.3) is 0 Å². The molecular weight excluding hydrogens is 299 g/mol. The van der Waals surface area contributed by atoms with E-state index in [1.165, 1.54) is 25.3 Å². The summed E-state index contributed by atoms with van der Waals surface area (Å²) < 4.78 is 51.9. The number of ether oxygens (including phenoxy) is 3. The zero-order valence-electron chi connectivity index (χ0n) is 11.7. The molecule has 0 spiro atoms. The molecule has 0 amide bonds. The number of nitrogen functional groups attached to an aromatic ring is 1. The van der Waals surface area contributed by atoms with Crippen LogP contribution >= 0.6 is 0 Å². The van der Waals surface area contributed by atoms with Crippen LogP contribution in [-0.4, -0.2) is 19.9 Å². The van der Waals surface area contributed by atoms with Crippen molar-refractivity contribution in [2.24, 2.45) is 0 Å². The van der Waals surface area contributed by atoms with E-state index in [9.17, 15) is 13.2 Å². The first-order valence-corrected chi connectivity index (χ1v) is 6.28. The van der Waals surface area contributed by atoms with E-state index >= 15 is 0 Å². The van der Waals surface area contributed by atoms with E-state index in [0.29, 0.717) is 11.5 Å². The van der Waals surface area contributed by atoms with Crippen molar-refractivity contribution in [3.8, 4) is 23.0 Å². The minimum atomic E-state index is -4.42. The van der Waals surface area contributed by atoms with Gasteiger partial charge in [0.1, 0.15) is 11.5 Å². The van der Waals surface area contributed by atoms with Crippen LogP contribution in [-0.2, 0) is 0 Å². The van der Waals surface area contributed by atoms with Gasteiger partial charge in [-0.1, -0.05) is 12.1 Å². The van der Waals surface area contributed by atoms with E-state index in [2.05, 4.69) is 4.74 Å². The van der Waals surface area contributed by atoms with Crippen LogP contribution in [0.5, 0.6) is 23.0 Å². The van der Waals surface area contributed by atoms with Crippen molar-refractivity contribution >= 4 is 5.69 Å². The number of benzene rings is 2. The van der Waals surface area contributed by atoms with Gasteiger partial charge >= 0.3 is 6.18 Å². The number of para-hydroxylation sites is 2. The summed E-state index contributed by atoms with van der Waals surface area (Å²) in [5.41, 5.74) is 5.88. The first kappa shape index (κ1) is 15.8. The first-order valence-electron chi connectivity index (χ1n) is 6.28. The Morgan fingerprint density at radius 2 is 1.64 bits per heavy atom. The fourth-order valence-electron chi connectivity index (χ4n) is 1.73. The maximum atomic E-state index is 12.2. The van der Waals surface area contributed by atoms with Crippen LogP contribution in [0.4, 0.5) is 18.9 Å². The molecule has 0 saturated carbocycles. The van der Waals surface area contributed by atoms with Crippen molar-refractivity contribution in [2.75, 3.05) is 19.5 Å². The largest absolute Gasteiger partial charge is 0.493 e. The Labute approximate surface area is 125 Å². The smallest absolute Gasteiger partial charge is 0.422 e. The monoisotopic (exact) mass is 313 g/mol. The summed E-state index contributed by atoms with van der Waals surface area (Å²) in [5, 5.41) is 0. The standard InChI is InChI=1S/C15H14F3NO3/c1-20-13-4-2-3-5-14(13)22-12-7-10(19)6-11(8-12)21-9-15(16,17)18/h2-8H,9,19H2,1H3. The van der Waals surface area contributed by atoms with Gasteiger partial charge in [-0.3, -0.25) is 0 Å². The average Bonchev–Trinajstić information content (AvgIpc) is 2.44. The molecule has 0 saturated heterocycles. The van der Waals surface area contributed by atoms with Crippen LogP contribution in [0, 0.1) is 0 Å². The van der Waals surface area contributed by atoms with Crippen molar-refractivity contribution < 1.29 is 27.4 Å². The molecule has 2 rings (SSSR count). The van der Waals surface area contributed by atoms with E-state index in [-0.39, 0.29) is 17.2 Å². The number of halogens is 3. The highest BCUT2D eigenvalue weighted by molar-refractivity contribution is 5.52. The molecule has 2 N–H and O–H groups in total. The molecule has 0 aromatic heterocycles. The summed E-state index contributed by atoms with van der Waals surface area (Å²) in [5.74, 6) is 1.13. The highest BCUT2D eigenvalue weighted by Gasteiger charge is 2.28. The molecule has 7 heteroatoms. The minimum Gasteiger partial charge on any atom is -0.493 e. The summed E-state index contributed by atoms with van der Waals surface area (Å²) >= 11 is 0. The van der Waals surface area contributed by atoms with Crippen LogP contribution in [0.2, 0.25) is 0 Å². The Hall–Kier alpha value is -2.57. The normalized spacial score (nSPS) is 11.1. The Morgan fingerprint density at radius 1 is 1.00 bits per heavy atom. The second-order valence-electron chi connectivity index (χ2n) is 4.39. The molecular formula is C15H14F3NO3. The van der Waals surface area contributed by atoms with Crippen LogP contribution < -0.4 is 19.9 Å². The van der Waals surface area contributed by atoms with Crippen LogP contribution in [0.15, 0.2) is 42.5 Å². The van der Waals surface area contributed by atoms with E-state index in [1.54, 1.807) is 24.3 Å². The predicted octanol–water partition coefficient (Wildman–Crippen LogP) is 4.01. The average molecular weight is 313 g/mol. The maximum Gasteiger partial charge on any atom is 0.422 e. The Morgan fingerprint density at radius 3 is 2.27 bits per heavy atom. The number of alkyl halides is 3. The van der Waals surface area contributed by atoms with E-state index in [1.807, 2.05) is 0 Å². The number of hydrogen-bond acceptors (Lipinski definition) is 4. The molecule has 0 radical (unpaired) electrons. The predicted molar refractivity (Wildman–Crippen MR) is 75.5 cm³/mol. The molecule has 0 unspecified atom stereocenters. The molecule has 0 aliphatic rings. The van der Waals surface area contributed by atoms with Crippen LogP contribution in [0.3, 0.4) is 0 Å². The molecule has 0 aliphatic heterocycles. The zero-order valence-corrected chi connectivity index (χ0v) is 11.7. The second-order valence-corrected chi connectivity index (χ2v) is 4.39. The number of nitrogens with two attached hydrogens (primary N) is 1. The molecule has 4 nitrogen and oxygen atoms in total. The number of methoxy groups -OCH3 is 1. The Bertz CT molecular complexity index is 644. The molecule has 2 aromatic rings. The van der Waals surface area contributed by atoms with Crippen molar-refractivity contribution in [2.45, 2.75) is 6.18 Å². The molecule has 22 heavy (non-hydrogen) atoms. The van der Waals surface area contributed by atoms with Crippen molar-refractivity contribution in [3.05, 3.63) is 42.5 Å². The third-order valence-electron chi connectivity index (χ3n) is 2.60. The third kappa shape index (κ3) is 4.47. The fourth-order valence-corrected chi connectivity index (χ4v) is 1.73. The number of rotatable bonds is 5. The molecule has 0 aliphatic carbocycles. The van der Waals surface area contributed by atoms with E-state index in [4.69, 9.17) is 15.2 Å². The van der Waals surface area contributed by atoms with Gasteiger partial charge in [0.25, 0.3) is 0 Å². The van der Waals surface area contributed by atoms with Gasteiger partial charge < -0.3 is 19.9 Å². The molecule has 0 fully saturated rings. The fraction of sp³-hybridized carbons (Fsp3) is 0.200. The molecule has 118 valence electrons. The minimum absolute atomic E-state index is 0.0257. The van der Waals surface area contributed by atoms with Gasteiger partial charge in [0.2, 0.25) is 0 Å². The van der Waals surface area contributed by atoms with Gasteiger partial charge in [0.15, 0.2) is 18.1 Å². The van der Waals surface area contributed by atoms with Gasteiger partial charge in [-0.15, -0.1) is 0 Å². The highest BCUT2D eigenvalue weighted by Crippen LogP contribution is 2.34. The van der Waals surface area contributed by atoms with Gasteiger partial charge in [-0.25, -0.2) is 0 Å². The first-order chi connectivity index (χ1) is 10.4. The molecule has 0 heterocycles. The quantitative estimate of drug-likeness (QED) is 0.847. The Kier molecular flexibility index (Phi) is 4.65. The van der Waals surface area contributed by atoms with Crippen molar-refractivity contribution in [1.29, 1.82) is 0 Å². The molecule has 2 aromatic carbocycles. The molecule has 0 bridgehead atoms. The second kappa shape index (κ2) is 6.46. The van der Waals surface area contributed by atoms with Crippen molar-refractivity contribution in [3.63, 3.8) is 0 Å². The summed E-state index contributed by atoms with van der Waals surface area (Å²) in [4.78, 5) is 0. The lowest BCUT2D eigenvalue weighted by Gasteiger charge is -2.13. The topological polar surface area (TPSA) is 53.7 Å². The van der Waals surface area contributed by atoms with Crippen molar-refractivity contribution in [1.82, 2.24) is 0 Å². The lowest BCUT2D eigenvalue weighted by molar-refractivity contribution is -0.153. The number of hydrogen-bond donors (Lipinski definition) is 1. The summed E-state index contributed by atoms with van der Waals surface area (Å²) in [6, 6.07) is 11.0. The maximum absolute atomic E-state index is 12.2. The van der Waals surface area contributed by atoms with Gasteiger partial charge in [0.05, 0.1) is 7.11 Å². The number of anilines is 1. The molecule has 0 atom stereocenters. The third-order valence-corrected chi connectivity index (χ3v) is 2.60. The lowest BCUT2D eigenvalue weighted by Crippen LogP contribution is -2.19. The SMILES string of the molecule is COc1ccccc1Oc1cc(N)cc(OCC(F)(F)F)c1.